The van der Waals surface area contributed by atoms with Crippen molar-refractivity contribution >= 4 is 35.4 Å². The topological polar surface area (TPSA) is 57.6 Å². The molecule has 4 nitrogen and oxygen atoms in total. The molecule has 1 aromatic rings. The molecule has 0 radical (unpaired) electrons. The molecule has 1 aliphatic rings. The molecule has 1 heterocycles. The summed E-state index contributed by atoms with van der Waals surface area (Å²) in [7, 11) is 0. The standard InChI is InChI=1S/C13H14FNO3S2/c14-9-3-1-2-4-11(9)20-8-12(16)15-5-6-19-7-10(15)13(17)18/h1-4,10H,5-8H2,(H,17,18). The van der Waals surface area contributed by atoms with Crippen LogP contribution >= 0.6 is 23.5 Å². The molecule has 1 aromatic carbocycles. The van der Waals surface area contributed by atoms with Gasteiger partial charge in [0.15, 0.2) is 0 Å². The number of nitrogens with zero attached hydrogens (tertiary/aromatic N) is 1. The molecule has 1 N–H and O–H groups in total. The van der Waals surface area contributed by atoms with Crippen LogP contribution in [0, 0.1) is 5.82 Å². The van der Waals surface area contributed by atoms with Gasteiger partial charge in [0.05, 0.1) is 5.75 Å². The van der Waals surface area contributed by atoms with E-state index in [2.05, 4.69) is 0 Å². The normalized spacial score (nSPS) is 18.9. The molecule has 20 heavy (non-hydrogen) atoms. The van der Waals surface area contributed by atoms with E-state index in [0.717, 1.165) is 17.5 Å². The molecule has 0 aromatic heterocycles. The molecule has 1 fully saturated rings. The zero-order valence-electron chi connectivity index (χ0n) is 10.6. The zero-order chi connectivity index (χ0) is 14.5. The molecule has 2 rings (SSSR count). The molecule has 1 saturated heterocycles. The molecule has 1 atom stereocenters. The van der Waals surface area contributed by atoms with E-state index in [1.54, 1.807) is 18.2 Å². The fraction of sp³-hybridized carbons (Fsp3) is 0.385. The van der Waals surface area contributed by atoms with Crippen molar-refractivity contribution < 1.29 is 19.1 Å². The number of hydrogen-bond donors (Lipinski definition) is 1. The van der Waals surface area contributed by atoms with Crippen molar-refractivity contribution in [3.05, 3.63) is 30.1 Å². The predicted octanol–water partition coefficient (Wildman–Crippen LogP) is 1.95. The highest BCUT2D eigenvalue weighted by Crippen LogP contribution is 2.23. The van der Waals surface area contributed by atoms with E-state index in [0.29, 0.717) is 17.2 Å². The van der Waals surface area contributed by atoms with Crippen LogP contribution in [0.1, 0.15) is 0 Å². The predicted molar refractivity (Wildman–Crippen MR) is 77.6 cm³/mol. The van der Waals surface area contributed by atoms with Gasteiger partial charge in [-0.2, -0.15) is 11.8 Å². The van der Waals surface area contributed by atoms with Gasteiger partial charge in [-0.25, -0.2) is 9.18 Å². The number of thioether (sulfide) groups is 2. The number of amides is 1. The Balaban J connectivity index is 1.97. The van der Waals surface area contributed by atoms with E-state index >= 15 is 0 Å². The van der Waals surface area contributed by atoms with Crippen molar-refractivity contribution in [2.45, 2.75) is 10.9 Å². The number of aliphatic carboxylic acids is 1. The number of halogens is 1. The highest BCUT2D eigenvalue weighted by Gasteiger charge is 2.32. The van der Waals surface area contributed by atoms with Crippen molar-refractivity contribution in [1.82, 2.24) is 4.90 Å². The van der Waals surface area contributed by atoms with E-state index in [9.17, 15) is 14.0 Å². The number of carbonyl (C=O) groups excluding carboxylic acids is 1. The summed E-state index contributed by atoms with van der Waals surface area (Å²) in [4.78, 5) is 25.0. The third-order valence-electron chi connectivity index (χ3n) is 2.92. The summed E-state index contributed by atoms with van der Waals surface area (Å²) in [5, 5.41) is 9.11. The fourth-order valence-electron chi connectivity index (χ4n) is 1.89. The van der Waals surface area contributed by atoms with E-state index in [4.69, 9.17) is 5.11 Å². The maximum absolute atomic E-state index is 13.4. The lowest BCUT2D eigenvalue weighted by Gasteiger charge is -2.32. The van der Waals surface area contributed by atoms with Gasteiger partial charge < -0.3 is 10.0 Å². The molecule has 0 spiro atoms. The lowest BCUT2D eigenvalue weighted by Crippen LogP contribution is -2.50. The molecule has 0 saturated carbocycles. The van der Waals surface area contributed by atoms with Crippen LogP contribution in [0.4, 0.5) is 4.39 Å². The minimum Gasteiger partial charge on any atom is -0.480 e. The molecule has 0 bridgehead atoms. The summed E-state index contributed by atoms with van der Waals surface area (Å²) in [5.41, 5.74) is 0. The second-order valence-electron chi connectivity index (χ2n) is 4.24. The number of carboxylic acids is 1. The van der Waals surface area contributed by atoms with Crippen LogP contribution in [-0.4, -0.2) is 51.7 Å². The summed E-state index contributed by atoms with van der Waals surface area (Å²) < 4.78 is 13.4. The van der Waals surface area contributed by atoms with Crippen LogP contribution in [0.2, 0.25) is 0 Å². The molecule has 7 heteroatoms. The van der Waals surface area contributed by atoms with Crippen LogP contribution in [0.3, 0.4) is 0 Å². The van der Waals surface area contributed by atoms with Gasteiger partial charge in [-0.15, -0.1) is 11.8 Å². The first-order valence-electron chi connectivity index (χ1n) is 6.07. The van der Waals surface area contributed by atoms with Crippen LogP contribution in [0.25, 0.3) is 0 Å². The van der Waals surface area contributed by atoms with Gasteiger partial charge in [0.1, 0.15) is 11.9 Å². The summed E-state index contributed by atoms with van der Waals surface area (Å²) in [6.45, 7) is 0.429. The minimum atomic E-state index is -0.985. The first kappa shape index (κ1) is 15.2. The molecular weight excluding hydrogens is 301 g/mol. The molecule has 1 aliphatic heterocycles. The summed E-state index contributed by atoms with van der Waals surface area (Å²) in [5.74, 6) is -0.414. The van der Waals surface area contributed by atoms with Gasteiger partial charge in [-0.3, -0.25) is 4.79 Å². The first-order valence-corrected chi connectivity index (χ1v) is 8.21. The fourth-order valence-corrected chi connectivity index (χ4v) is 3.75. The molecule has 1 amide bonds. The molecule has 1 unspecified atom stereocenters. The van der Waals surface area contributed by atoms with Gasteiger partial charge in [-0.05, 0) is 12.1 Å². The van der Waals surface area contributed by atoms with Gasteiger partial charge >= 0.3 is 5.97 Å². The molecular formula is C13H14FNO3S2. The Bertz CT molecular complexity index is 512. The van der Waals surface area contributed by atoms with Gasteiger partial charge in [0.2, 0.25) is 5.91 Å². The van der Waals surface area contributed by atoms with E-state index in [-0.39, 0.29) is 17.5 Å². The van der Waals surface area contributed by atoms with E-state index < -0.39 is 12.0 Å². The molecule has 108 valence electrons. The Morgan fingerprint density at radius 2 is 2.20 bits per heavy atom. The van der Waals surface area contributed by atoms with E-state index in [1.807, 2.05) is 0 Å². The van der Waals surface area contributed by atoms with Crippen LogP contribution in [0.15, 0.2) is 29.2 Å². The second kappa shape index (κ2) is 6.99. The van der Waals surface area contributed by atoms with Crippen LogP contribution < -0.4 is 0 Å². The van der Waals surface area contributed by atoms with E-state index in [1.165, 1.54) is 22.7 Å². The Morgan fingerprint density at radius 1 is 1.45 bits per heavy atom. The zero-order valence-corrected chi connectivity index (χ0v) is 12.3. The smallest absolute Gasteiger partial charge is 0.327 e. The lowest BCUT2D eigenvalue weighted by molar-refractivity contribution is -0.148. The third kappa shape index (κ3) is 3.67. The lowest BCUT2D eigenvalue weighted by atomic mass is 10.2. The number of rotatable bonds is 4. The molecule has 0 aliphatic carbocycles. The summed E-state index contributed by atoms with van der Waals surface area (Å²) in [6, 6.07) is 5.46. The largest absolute Gasteiger partial charge is 0.480 e. The maximum atomic E-state index is 13.4. The highest BCUT2D eigenvalue weighted by molar-refractivity contribution is 8.00. The minimum absolute atomic E-state index is 0.0510. The van der Waals surface area contributed by atoms with Crippen molar-refractivity contribution in [3.8, 4) is 0 Å². The maximum Gasteiger partial charge on any atom is 0.327 e. The van der Waals surface area contributed by atoms with Crippen molar-refractivity contribution in [2.24, 2.45) is 0 Å². The Kier molecular flexibility index (Phi) is 5.31. The van der Waals surface area contributed by atoms with Crippen LogP contribution in [-0.2, 0) is 9.59 Å². The third-order valence-corrected chi connectivity index (χ3v) is 4.98. The second-order valence-corrected chi connectivity index (χ2v) is 6.40. The number of hydrogen-bond acceptors (Lipinski definition) is 4. The SMILES string of the molecule is O=C(O)C1CSCCN1C(=O)CSc1ccccc1F. The van der Waals surface area contributed by atoms with Crippen molar-refractivity contribution in [1.29, 1.82) is 0 Å². The quantitative estimate of drug-likeness (QED) is 0.861. The number of benzene rings is 1. The summed E-state index contributed by atoms with van der Waals surface area (Å²) in [6.07, 6.45) is 0. The van der Waals surface area contributed by atoms with Crippen molar-refractivity contribution in [2.75, 3.05) is 23.8 Å². The number of carboxylic acid groups (broad SMARTS) is 1. The summed E-state index contributed by atoms with van der Waals surface area (Å²) >= 11 is 2.62. The van der Waals surface area contributed by atoms with Gasteiger partial charge in [0.25, 0.3) is 0 Å². The first-order chi connectivity index (χ1) is 9.59. The van der Waals surface area contributed by atoms with Crippen LogP contribution in [0.5, 0.6) is 0 Å². The average molecular weight is 315 g/mol. The van der Waals surface area contributed by atoms with Gasteiger partial charge in [-0.1, -0.05) is 12.1 Å². The Hall–Kier alpha value is -1.21. The number of carbonyl (C=O) groups is 2. The van der Waals surface area contributed by atoms with Gasteiger partial charge in [0, 0.05) is 22.9 Å². The Labute approximate surface area is 124 Å². The van der Waals surface area contributed by atoms with Crippen molar-refractivity contribution in [3.63, 3.8) is 0 Å². The Morgan fingerprint density at radius 3 is 2.90 bits per heavy atom. The average Bonchev–Trinajstić information content (AvgIpc) is 2.46. The highest BCUT2D eigenvalue weighted by atomic mass is 32.2. The monoisotopic (exact) mass is 315 g/mol.